The number of pyridine rings is 1. The van der Waals surface area contributed by atoms with Gasteiger partial charge in [0.2, 0.25) is 5.78 Å². The van der Waals surface area contributed by atoms with E-state index in [1.165, 1.54) is 24.0 Å². The van der Waals surface area contributed by atoms with E-state index in [-0.39, 0.29) is 5.78 Å². The first-order valence-corrected chi connectivity index (χ1v) is 9.90. The molecule has 0 bridgehead atoms. The summed E-state index contributed by atoms with van der Waals surface area (Å²) >= 11 is 8.97. The van der Waals surface area contributed by atoms with Gasteiger partial charge in [0.15, 0.2) is 17.4 Å². The van der Waals surface area contributed by atoms with Crippen molar-refractivity contribution in [2.24, 2.45) is 0 Å². The number of aromatic nitrogens is 1. The average Bonchev–Trinajstić information content (AvgIpc) is 2.62. The number of hydrogen-bond donors (Lipinski definition) is 1. The number of likely N-dealkylation sites (N-methyl/N-ethyl adjacent to an activating group) is 1. The highest BCUT2D eigenvalue weighted by Crippen LogP contribution is 2.21. The largest absolute Gasteiger partial charge is 0.374 e. The summed E-state index contributed by atoms with van der Waals surface area (Å²) in [5.41, 5.74) is 3.40. The third-order valence-corrected chi connectivity index (χ3v) is 5.48. The van der Waals surface area contributed by atoms with Gasteiger partial charge in [0, 0.05) is 28.2 Å². The van der Waals surface area contributed by atoms with Gasteiger partial charge < -0.3 is 5.32 Å². The van der Waals surface area contributed by atoms with Crippen LogP contribution < -0.4 is 9.88 Å². The fourth-order valence-corrected chi connectivity index (χ4v) is 3.92. The number of nitrogens with one attached hydrogen (secondary N) is 1. The zero-order valence-corrected chi connectivity index (χ0v) is 16.7. The van der Waals surface area contributed by atoms with E-state index in [0.717, 1.165) is 17.3 Å². The molecule has 1 aromatic heterocycles. The summed E-state index contributed by atoms with van der Waals surface area (Å²) < 4.78 is 2.93. The molecule has 0 radical (unpaired) electrons. The van der Waals surface area contributed by atoms with Crippen LogP contribution in [-0.4, -0.2) is 17.3 Å². The van der Waals surface area contributed by atoms with Crippen LogP contribution in [0.5, 0.6) is 0 Å². The van der Waals surface area contributed by atoms with E-state index in [0.29, 0.717) is 17.1 Å². The molecule has 1 aliphatic carbocycles. The molecule has 0 fully saturated rings. The molecule has 3 rings (SSSR count). The topological polar surface area (TPSA) is 33.0 Å². The van der Waals surface area contributed by atoms with E-state index < -0.39 is 6.04 Å². The van der Waals surface area contributed by atoms with Crippen LogP contribution in [0, 0.1) is 0 Å². The van der Waals surface area contributed by atoms with Gasteiger partial charge in [0.1, 0.15) is 0 Å². The first-order chi connectivity index (χ1) is 12.1. The number of thiocarbonyl (C=S) groups is 1. The second kappa shape index (κ2) is 8.19. The monoisotopic (exact) mass is 417 g/mol. The number of halogens is 1. The van der Waals surface area contributed by atoms with Gasteiger partial charge in [0.25, 0.3) is 6.04 Å². The molecule has 2 aromatic rings. The number of aryl methyl sites for hydroxylation is 2. The van der Waals surface area contributed by atoms with Crippen LogP contribution in [0.15, 0.2) is 47.2 Å². The van der Waals surface area contributed by atoms with Gasteiger partial charge in [0.05, 0.1) is 0 Å². The summed E-state index contributed by atoms with van der Waals surface area (Å²) in [6.07, 6.45) is 8.76. The number of carbonyl (C=O) groups excluding carboxylic acids is 1. The van der Waals surface area contributed by atoms with Crippen molar-refractivity contribution in [1.29, 1.82) is 0 Å². The van der Waals surface area contributed by atoms with E-state index in [9.17, 15) is 4.79 Å². The molecule has 0 saturated heterocycles. The fourth-order valence-electron chi connectivity index (χ4n) is 3.28. The highest BCUT2D eigenvalue weighted by molar-refractivity contribution is 9.10. The zero-order valence-electron chi connectivity index (χ0n) is 14.3. The normalized spacial score (nSPS) is 14.5. The Morgan fingerprint density at radius 1 is 1.20 bits per heavy atom. The van der Waals surface area contributed by atoms with Crippen molar-refractivity contribution < 1.29 is 9.36 Å². The van der Waals surface area contributed by atoms with E-state index in [2.05, 4.69) is 33.5 Å². The van der Waals surface area contributed by atoms with Crippen molar-refractivity contribution >= 4 is 38.9 Å². The van der Waals surface area contributed by atoms with Gasteiger partial charge in [-0.25, -0.2) is 0 Å². The lowest BCUT2D eigenvalue weighted by Crippen LogP contribution is -2.51. The second-order valence-electron chi connectivity index (χ2n) is 6.32. The number of hydrogen-bond acceptors (Lipinski definition) is 2. The Balaban J connectivity index is 1.98. The number of Topliss-reactive ketones (excluding diaryl/α,β-unsaturated/α-hetero) is 1. The molecule has 0 amide bonds. The van der Waals surface area contributed by atoms with Crippen molar-refractivity contribution in [3.05, 3.63) is 63.9 Å². The maximum absolute atomic E-state index is 13.2. The van der Waals surface area contributed by atoms with Crippen LogP contribution in [0.4, 0.5) is 0 Å². The summed E-state index contributed by atoms with van der Waals surface area (Å²) in [4.78, 5) is 13.7. The molecule has 130 valence electrons. The Morgan fingerprint density at radius 3 is 2.56 bits per heavy atom. The summed E-state index contributed by atoms with van der Waals surface area (Å²) in [6, 6.07) is 9.09. The zero-order chi connectivity index (χ0) is 17.8. The van der Waals surface area contributed by atoms with Crippen LogP contribution in [0.1, 0.15) is 47.3 Å². The molecule has 1 aliphatic rings. The predicted octanol–water partition coefficient (Wildman–Crippen LogP) is 3.98. The average molecular weight is 418 g/mol. The smallest absolute Gasteiger partial charge is 0.270 e. The minimum Gasteiger partial charge on any atom is -0.374 e. The Hall–Kier alpha value is -1.59. The Morgan fingerprint density at radius 2 is 1.88 bits per heavy atom. The van der Waals surface area contributed by atoms with Gasteiger partial charge in [-0.3, -0.25) is 4.79 Å². The van der Waals surface area contributed by atoms with Gasteiger partial charge in [-0.2, -0.15) is 4.57 Å². The van der Waals surface area contributed by atoms with E-state index in [1.54, 1.807) is 0 Å². The molecule has 0 spiro atoms. The molecule has 1 atom stereocenters. The lowest BCUT2D eigenvalue weighted by Gasteiger charge is -2.17. The van der Waals surface area contributed by atoms with Gasteiger partial charge in [-0.05, 0) is 50.3 Å². The third-order valence-electron chi connectivity index (χ3n) is 4.58. The highest BCUT2D eigenvalue weighted by Gasteiger charge is 2.33. The molecular formula is C20H22BrN2OS+. The standard InChI is InChI=1S/C20H21BrN2OS/c1-2-22-20(25)18(19(24)15-7-9-17(21)10-8-15)23-12-11-14-5-3-4-6-16(14)13-23/h7-13,18H,2-6H2,1H3/p+1. The van der Waals surface area contributed by atoms with Crippen molar-refractivity contribution in [2.75, 3.05) is 6.54 Å². The van der Waals surface area contributed by atoms with Crippen molar-refractivity contribution in [3.8, 4) is 0 Å². The molecule has 5 heteroatoms. The summed E-state index contributed by atoms with van der Waals surface area (Å²) in [5, 5.41) is 3.17. The summed E-state index contributed by atoms with van der Waals surface area (Å²) in [7, 11) is 0. The molecule has 1 unspecified atom stereocenters. The Bertz CT molecular complexity index is 789. The number of fused-ring (bicyclic) bond motifs is 1. The van der Waals surface area contributed by atoms with Gasteiger partial charge in [-0.15, -0.1) is 0 Å². The van der Waals surface area contributed by atoms with Crippen molar-refractivity contribution in [3.63, 3.8) is 0 Å². The predicted molar refractivity (Wildman–Crippen MR) is 107 cm³/mol. The minimum absolute atomic E-state index is 0.0132. The minimum atomic E-state index is -0.511. The number of rotatable bonds is 5. The maximum atomic E-state index is 13.2. The quantitative estimate of drug-likeness (QED) is 0.453. The summed E-state index contributed by atoms with van der Waals surface area (Å²) in [6.45, 7) is 2.69. The molecule has 25 heavy (non-hydrogen) atoms. The lowest BCUT2D eigenvalue weighted by molar-refractivity contribution is -0.692. The molecule has 3 nitrogen and oxygen atoms in total. The molecule has 0 saturated carbocycles. The Labute approximate surface area is 162 Å². The molecule has 1 aromatic carbocycles. The Kier molecular flexibility index (Phi) is 5.97. The SMILES string of the molecule is CCNC(=S)C(C(=O)c1ccc(Br)cc1)[n+]1ccc2c(c1)CCCC2. The number of carbonyl (C=O) groups is 1. The third kappa shape index (κ3) is 4.15. The first kappa shape index (κ1) is 18.2. The van der Waals surface area contributed by atoms with E-state index in [1.807, 2.05) is 42.0 Å². The molecule has 1 N–H and O–H groups in total. The fraction of sp³-hybridized carbons (Fsp3) is 0.350. The van der Waals surface area contributed by atoms with E-state index in [4.69, 9.17) is 12.2 Å². The van der Waals surface area contributed by atoms with Crippen LogP contribution in [0.2, 0.25) is 0 Å². The number of ketones is 1. The molecule has 1 heterocycles. The van der Waals surface area contributed by atoms with Crippen LogP contribution in [-0.2, 0) is 12.8 Å². The first-order valence-electron chi connectivity index (χ1n) is 8.70. The molecule has 0 aliphatic heterocycles. The van der Waals surface area contributed by atoms with E-state index >= 15 is 0 Å². The van der Waals surface area contributed by atoms with Crippen LogP contribution in [0.3, 0.4) is 0 Å². The maximum Gasteiger partial charge on any atom is 0.270 e. The van der Waals surface area contributed by atoms with Crippen molar-refractivity contribution in [2.45, 2.75) is 38.6 Å². The van der Waals surface area contributed by atoms with Crippen LogP contribution in [0.25, 0.3) is 0 Å². The van der Waals surface area contributed by atoms with Gasteiger partial charge >= 0.3 is 0 Å². The lowest BCUT2D eigenvalue weighted by atomic mass is 9.93. The second-order valence-corrected chi connectivity index (χ2v) is 7.67. The number of nitrogens with zero attached hydrogens (tertiary/aromatic N) is 1. The molecular weight excluding hydrogens is 396 g/mol. The van der Waals surface area contributed by atoms with Crippen molar-refractivity contribution in [1.82, 2.24) is 5.32 Å². The van der Waals surface area contributed by atoms with Crippen LogP contribution >= 0.6 is 28.1 Å². The summed E-state index contributed by atoms with van der Waals surface area (Å²) in [5.74, 6) is 0.0132. The highest BCUT2D eigenvalue weighted by atomic mass is 79.9. The number of benzene rings is 1. The van der Waals surface area contributed by atoms with Gasteiger partial charge in [-0.1, -0.05) is 40.3 Å².